The Morgan fingerprint density at radius 1 is 1.60 bits per heavy atom. The summed E-state index contributed by atoms with van der Waals surface area (Å²) in [6, 6.07) is 0. The van der Waals surface area contributed by atoms with E-state index in [1.165, 1.54) is 31.0 Å². The van der Waals surface area contributed by atoms with Gasteiger partial charge in [-0.3, -0.25) is 4.90 Å². The third-order valence-electron chi connectivity index (χ3n) is 3.21. The Labute approximate surface area is 94.6 Å². The molecule has 1 saturated heterocycles. The van der Waals surface area contributed by atoms with Crippen molar-refractivity contribution in [1.29, 1.82) is 0 Å². The molecular weight excluding hydrogens is 208 g/mol. The predicted octanol–water partition coefficient (Wildman–Crippen LogP) is 1.60. The molecule has 0 saturated carbocycles. The number of aromatic nitrogens is 2. The van der Waals surface area contributed by atoms with Gasteiger partial charge in [-0.25, -0.2) is 0 Å². The van der Waals surface area contributed by atoms with Gasteiger partial charge in [-0.2, -0.15) is 0 Å². The molecule has 1 aromatic rings. The van der Waals surface area contributed by atoms with Crippen molar-refractivity contribution in [1.82, 2.24) is 14.5 Å². The van der Waals surface area contributed by atoms with Crippen LogP contribution in [-0.4, -0.2) is 27.6 Å². The van der Waals surface area contributed by atoms with E-state index in [0.29, 0.717) is 0 Å². The first-order valence-corrected chi connectivity index (χ1v) is 6.23. The number of rotatable bonds is 3. The van der Waals surface area contributed by atoms with Crippen LogP contribution in [-0.2, 0) is 6.54 Å². The zero-order valence-electron chi connectivity index (χ0n) is 9.31. The van der Waals surface area contributed by atoms with Crippen LogP contribution in [0.2, 0.25) is 0 Å². The molecule has 1 atom stereocenters. The lowest BCUT2D eigenvalue weighted by Gasteiger charge is -2.16. The molecule has 1 fully saturated rings. The summed E-state index contributed by atoms with van der Waals surface area (Å²) in [5.41, 5.74) is 6.73. The zero-order valence-corrected chi connectivity index (χ0v) is 10.1. The third kappa shape index (κ3) is 2.46. The molecule has 1 aliphatic rings. The Morgan fingerprint density at radius 3 is 2.93 bits per heavy atom. The molecule has 2 heterocycles. The van der Waals surface area contributed by atoms with Crippen LogP contribution in [0.15, 0.2) is 0 Å². The maximum absolute atomic E-state index is 5.78. The smallest absolute Gasteiger partial charge is 0.132 e. The highest BCUT2D eigenvalue weighted by Crippen LogP contribution is 2.25. The minimum absolute atomic E-state index is 0.767. The quantitative estimate of drug-likeness (QED) is 0.850. The van der Waals surface area contributed by atoms with Gasteiger partial charge >= 0.3 is 0 Å². The number of anilines is 1. The van der Waals surface area contributed by atoms with Crippen LogP contribution in [0.5, 0.6) is 0 Å². The van der Waals surface area contributed by atoms with Crippen molar-refractivity contribution in [3.05, 3.63) is 5.69 Å². The molecule has 1 unspecified atom stereocenters. The van der Waals surface area contributed by atoms with Crippen molar-refractivity contribution in [2.75, 3.05) is 18.8 Å². The first kappa shape index (κ1) is 10.8. The van der Waals surface area contributed by atoms with Gasteiger partial charge in [-0.05, 0) is 24.8 Å². The summed E-state index contributed by atoms with van der Waals surface area (Å²) in [4.78, 5) is 2.43. The minimum Gasteiger partial charge on any atom is -0.388 e. The Hall–Kier alpha value is -0.680. The molecule has 2 N–H and O–H groups in total. The molecule has 1 aromatic heterocycles. The molecule has 1 aliphatic heterocycles. The highest BCUT2D eigenvalue weighted by Gasteiger charge is 2.25. The topological polar surface area (TPSA) is 55.0 Å². The Kier molecular flexibility index (Phi) is 3.21. The van der Waals surface area contributed by atoms with E-state index in [0.717, 1.165) is 29.1 Å². The summed E-state index contributed by atoms with van der Waals surface area (Å²) in [5, 5.41) is 4.82. The zero-order chi connectivity index (χ0) is 10.8. The van der Waals surface area contributed by atoms with Crippen molar-refractivity contribution < 1.29 is 0 Å². The number of nitrogens with two attached hydrogens (primary N) is 1. The Balaban J connectivity index is 1.90. The summed E-state index contributed by atoms with van der Waals surface area (Å²) >= 11 is 1.28. The second kappa shape index (κ2) is 4.45. The first-order valence-electron chi connectivity index (χ1n) is 5.46. The van der Waals surface area contributed by atoms with E-state index in [2.05, 4.69) is 28.3 Å². The molecule has 84 valence electrons. The van der Waals surface area contributed by atoms with Crippen molar-refractivity contribution >= 4 is 16.5 Å². The number of hydrogen-bond acceptors (Lipinski definition) is 5. The van der Waals surface area contributed by atoms with E-state index in [1.54, 1.807) is 0 Å². The van der Waals surface area contributed by atoms with Crippen LogP contribution in [0.3, 0.4) is 0 Å². The lowest BCUT2D eigenvalue weighted by Crippen LogP contribution is -2.22. The summed E-state index contributed by atoms with van der Waals surface area (Å²) in [7, 11) is 0. The fourth-order valence-electron chi connectivity index (χ4n) is 2.09. The van der Waals surface area contributed by atoms with Gasteiger partial charge in [-0.1, -0.05) is 18.3 Å². The van der Waals surface area contributed by atoms with E-state index < -0.39 is 0 Å². The second-order valence-electron chi connectivity index (χ2n) is 4.61. The summed E-state index contributed by atoms with van der Waals surface area (Å²) < 4.78 is 3.86. The highest BCUT2D eigenvalue weighted by atomic mass is 32.1. The van der Waals surface area contributed by atoms with E-state index in [-0.39, 0.29) is 0 Å². The Bertz CT molecular complexity index is 323. The van der Waals surface area contributed by atoms with Crippen molar-refractivity contribution in [2.45, 2.75) is 26.8 Å². The molecule has 2 rings (SSSR count). The number of nitrogens with zero attached hydrogens (tertiary/aromatic N) is 3. The number of likely N-dealkylation sites (tertiary alicyclic amines) is 1. The van der Waals surface area contributed by atoms with Crippen LogP contribution in [0.25, 0.3) is 0 Å². The number of nitrogen functional groups attached to an aromatic ring is 1. The summed E-state index contributed by atoms with van der Waals surface area (Å²) in [5.74, 6) is 1.61. The fraction of sp³-hybridized carbons (Fsp3) is 0.800. The predicted molar refractivity (Wildman–Crippen MR) is 62.5 cm³/mol. The lowest BCUT2D eigenvalue weighted by molar-refractivity contribution is 0.294. The summed E-state index contributed by atoms with van der Waals surface area (Å²) in [6.07, 6.45) is 1.30. The van der Waals surface area contributed by atoms with Gasteiger partial charge in [0.15, 0.2) is 0 Å². The molecule has 0 radical (unpaired) electrons. The van der Waals surface area contributed by atoms with Crippen molar-refractivity contribution in [3.8, 4) is 0 Å². The Morgan fingerprint density at radius 2 is 2.40 bits per heavy atom. The van der Waals surface area contributed by atoms with Gasteiger partial charge < -0.3 is 5.73 Å². The van der Waals surface area contributed by atoms with Gasteiger partial charge in [0, 0.05) is 24.6 Å². The standard InChI is InChI=1S/C10H18N4S/c1-7(2)8-3-4-14(5-8)6-9-10(11)15-13-12-9/h7-8H,3-6,11H2,1-2H3. The van der Waals surface area contributed by atoms with Crippen molar-refractivity contribution in [3.63, 3.8) is 0 Å². The van der Waals surface area contributed by atoms with Crippen LogP contribution in [0, 0.1) is 11.8 Å². The molecule has 0 amide bonds. The first-order chi connectivity index (χ1) is 7.16. The highest BCUT2D eigenvalue weighted by molar-refractivity contribution is 7.09. The normalized spacial score (nSPS) is 22.7. The molecule has 0 aliphatic carbocycles. The van der Waals surface area contributed by atoms with Gasteiger partial charge in [0.25, 0.3) is 0 Å². The monoisotopic (exact) mass is 226 g/mol. The SMILES string of the molecule is CC(C)C1CCN(Cc2nnsc2N)C1. The molecule has 4 nitrogen and oxygen atoms in total. The van der Waals surface area contributed by atoms with Crippen LogP contribution in [0.4, 0.5) is 5.00 Å². The molecular formula is C10H18N4S. The largest absolute Gasteiger partial charge is 0.388 e. The van der Waals surface area contributed by atoms with Crippen molar-refractivity contribution in [2.24, 2.45) is 11.8 Å². The number of hydrogen-bond donors (Lipinski definition) is 1. The fourth-order valence-corrected chi connectivity index (χ4v) is 2.53. The minimum atomic E-state index is 0.767. The van der Waals surface area contributed by atoms with Gasteiger partial charge in [0.2, 0.25) is 0 Å². The second-order valence-corrected chi connectivity index (χ2v) is 5.40. The van der Waals surface area contributed by atoms with Crippen LogP contribution in [0.1, 0.15) is 26.0 Å². The maximum atomic E-state index is 5.78. The van der Waals surface area contributed by atoms with E-state index in [4.69, 9.17) is 5.73 Å². The lowest BCUT2D eigenvalue weighted by atomic mass is 9.95. The van der Waals surface area contributed by atoms with E-state index in [1.807, 2.05) is 0 Å². The molecule has 15 heavy (non-hydrogen) atoms. The molecule has 0 bridgehead atoms. The van der Waals surface area contributed by atoms with Gasteiger partial charge in [0.1, 0.15) is 10.7 Å². The van der Waals surface area contributed by atoms with E-state index in [9.17, 15) is 0 Å². The average Bonchev–Trinajstić information content (AvgIpc) is 2.77. The molecule has 0 spiro atoms. The third-order valence-corrected chi connectivity index (χ3v) is 3.81. The summed E-state index contributed by atoms with van der Waals surface area (Å²) in [6.45, 7) is 7.81. The van der Waals surface area contributed by atoms with Gasteiger partial charge in [-0.15, -0.1) is 5.10 Å². The molecule has 5 heteroatoms. The van der Waals surface area contributed by atoms with E-state index >= 15 is 0 Å². The average molecular weight is 226 g/mol. The van der Waals surface area contributed by atoms with Crippen LogP contribution >= 0.6 is 11.5 Å². The maximum Gasteiger partial charge on any atom is 0.132 e. The van der Waals surface area contributed by atoms with Gasteiger partial charge in [0.05, 0.1) is 0 Å². The molecule has 0 aromatic carbocycles. The van der Waals surface area contributed by atoms with Crippen LogP contribution < -0.4 is 5.73 Å².